The van der Waals surface area contributed by atoms with Crippen LogP contribution in [0.4, 0.5) is 0 Å². The van der Waals surface area contributed by atoms with Crippen molar-refractivity contribution in [1.82, 2.24) is 9.62 Å². The third-order valence-electron chi connectivity index (χ3n) is 4.11. The van der Waals surface area contributed by atoms with E-state index in [0.717, 1.165) is 17.8 Å². The summed E-state index contributed by atoms with van der Waals surface area (Å²) < 4.78 is 27.2. The molecule has 0 amide bonds. The van der Waals surface area contributed by atoms with Crippen LogP contribution < -0.4 is 5.32 Å². The molecule has 1 fully saturated rings. The van der Waals surface area contributed by atoms with Crippen LogP contribution in [0.25, 0.3) is 0 Å². The number of hydrogen-bond acceptors (Lipinski definition) is 4. The predicted molar refractivity (Wildman–Crippen MR) is 83.5 cm³/mol. The Hall–Kier alpha value is -0.430. The van der Waals surface area contributed by atoms with E-state index < -0.39 is 10.0 Å². The van der Waals surface area contributed by atoms with E-state index in [0.29, 0.717) is 10.3 Å². The van der Waals surface area contributed by atoms with Crippen LogP contribution in [0.15, 0.2) is 16.3 Å². The normalized spacial score (nSPS) is 16.9. The van der Waals surface area contributed by atoms with Gasteiger partial charge in [-0.2, -0.15) is 4.31 Å². The van der Waals surface area contributed by atoms with Crippen molar-refractivity contribution >= 4 is 21.4 Å². The molecule has 0 aliphatic heterocycles. The van der Waals surface area contributed by atoms with Gasteiger partial charge in [-0.05, 0) is 45.2 Å². The van der Waals surface area contributed by atoms with Gasteiger partial charge < -0.3 is 5.32 Å². The zero-order valence-corrected chi connectivity index (χ0v) is 14.3. The molecule has 0 saturated heterocycles. The monoisotopic (exact) mass is 316 g/mol. The second-order valence-corrected chi connectivity index (χ2v) is 9.38. The van der Waals surface area contributed by atoms with Crippen LogP contribution in [-0.4, -0.2) is 31.4 Å². The van der Waals surface area contributed by atoms with Crippen LogP contribution >= 0.6 is 11.3 Å². The molecule has 0 unspecified atom stereocenters. The Morgan fingerprint density at radius 2 is 2.05 bits per heavy atom. The molecule has 4 nitrogen and oxygen atoms in total. The summed E-state index contributed by atoms with van der Waals surface area (Å²) in [5.41, 5.74) is -0.366. The van der Waals surface area contributed by atoms with Gasteiger partial charge in [-0.3, -0.25) is 0 Å². The van der Waals surface area contributed by atoms with Crippen LogP contribution in [0.5, 0.6) is 0 Å². The fraction of sp³-hybridized carbons (Fsp3) is 0.714. The molecule has 6 heteroatoms. The first-order valence-corrected chi connectivity index (χ1v) is 9.34. The van der Waals surface area contributed by atoms with Crippen molar-refractivity contribution < 1.29 is 8.42 Å². The zero-order chi connectivity index (χ0) is 15.0. The van der Waals surface area contributed by atoms with Crippen LogP contribution in [0.1, 0.15) is 44.9 Å². The number of nitrogens with zero attached hydrogens (tertiary/aromatic N) is 1. The summed E-state index contributed by atoms with van der Waals surface area (Å²) in [4.78, 5) is 1.08. The lowest BCUT2D eigenvalue weighted by atomic mass is 10.0. The molecule has 1 aliphatic rings. The average molecular weight is 316 g/mol. The van der Waals surface area contributed by atoms with Gasteiger partial charge in [0.15, 0.2) is 0 Å². The third kappa shape index (κ3) is 3.42. The number of hydrogen-bond donors (Lipinski definition) is 1. The fourth-order valence-electron chi connectivity index (χ4n) is 1.81. The molecule has 0 aromatic carbocycles. The molecule has 1 aromatic rings. The highest BCUT2D eigenvalue weighted by Crippen LogP contribution is 2.30. The first kappa shape index (κ1) is 15.9. The smallest absolute Gasteiger partial charge is 0.252 e. The molecule has 0 radical (unpaired) electrons. The molecular formula is C14H24N2O2S2. The van der Waals surface area contributed by atoms with Gasteiger partial charge in [-0.1, -0.05) is 6.92 Å². The topological polar surface area (TPSA) is 49.4 Å². The molecule has 0 bridgehead atoms. The quantitative estimate of drug-likeness (QED) is 0.841. The Balaban J connectivity index is 2.12. The minimum atomic E-state index is -3.39. The highest BCUT2D eigenvalue weighted by atomic mass is 32.2. The minimum Gasteiger partial charge on any atom is -0.309 e. The van der Waals surface area contributed by atoms with Crippen LogP contribution in [0.2, 0.25) is 0 Å². The summed E-state index contributed by atoms with van der Waals surface area (Å²) in [6.45, 7) is 6.68. The van der Waals surface area contributed by atoms with E-state index in [-0.39, 0.29) is 5.54 Å². The molecule has 0 atom stereocenters. The highest BCUT2D eigenvalue weighted by molar-refractivity contribution is 7.91. The average Bonchev–Trinajstić information content (AvgIpc) is 3.11. The van der Waals surface area contributed by atoms with Gasteiger partial charge in [-0.25, -0.2) is 8.42 Å². The van der Waals surface area contributed by atoms with Crippen LogP contribution in [0, 0.1) is 0 Å². The lowest BCUT2D eigenvalue weighted by molar-refractivity contribution is 0.257. The Labute approximate surface area is 126 Å². The van der Waals surface area contributed by atoms with Gasteiger partial charge in [0.1, 0.15) is 4.21 Å². The standard InChI is InChI=1S/C14H24N2O2S2/c1-5-14(2,3)16(4)20(17,18)13-9-8-12(19-13)10-15-11-6-7-11/h8-9,11,15H,5-7,10H2,1-4H3. The van der Waals surface area contributed by atoms with Crippen molar-refractivity contribution in [3.8, 4) is 0 Å². The number of sulfonamides is 1. The SMILES string of the molecule is CCC(C)(C)N(C)S(=O)(=O)c1ccc(CNC2CC2)s1. The van der Waals surface area contributed by atoms with E-state index in [1.165, 1.54) is 28.5 Å². The van der Waals surface area contributed by atoms with E-state index in [4.69, 9.17) is 0 Å². The van der Waals surface area contributed by atoms with Crippen molar-refractivity contribution in [2.45, 2.75) is 62.4 Å². The lowest BCUT2D eigenvalue weighted by Gasteiger charge is -2.33. The Kier molecular flexibility index (Phi) is 4.59. The fourth-order valence-corrected chi connectivity index (χ4v) is 4.86. The summed E-state index contributed by atoms with van der Waals surface area (Å²) in [6.07, 6.45) is 3.26. The number of rotatable bonds is 7. The van der Waals surface area contributed by atoms with Crippen molar-refractivity contribution in [2.24, 2.45) is 0 Å². The second kappa shape index (κ2) is 5.75. The molecule has 1 aliphatic carbocycles. The first-order valence-electron chi connectivity index (χ1n) is 7.08. The summed E-state index contributed by atoms with van der Waals surface area (Å²) >= 11 is 1.37. The van der Waals surface area contributed by atoms with E-state index in [1.807, 2.05) is 26.8 Å². The van der Waals surface area contributed by atoms with Gasteiger partial charge in [0, 0.05) is 30.1 Å². The maximum atomic E-state index is 12.6. The molecule has 1 aromatic heterocycles. The van der Waals surface area contributed by atoms with Crippen LogP contribution in [0.3, 0.4) is 0 Å². The van der Waals surface area contributed by atoms with Gasteiger partial charge >= 0.3 is 0 Å². The van der Waals surface area contributed by atoms with Crippen molar-refractivity contribution in [3.05, 3.63) is 17.0 Å². The molecule has 20 heavy (non-hydrogen) atoms. The molecule has 2 rings (SSSR count). The van der Waals surface area contributed by atoms with E-state index in [9.17, 15) is 8.42 Å². The highest BCUT2D eigenvalue weighted by Gasteiger charge is 2.33. The summed E-state index contributed by atoms with van der Waals surface area (Å²) in [5.74, 6) is 0. The maximum absolute atomic E-state index is 12.6. The van der Waals surface area contributed by atoms with Gasteiger partial charge in [0.2, 0.25) is 0 Å². The molecular weight excluding hydrogens is 292 g/mol. The minimum absolute atomic E-state index is 0.366. The number of thiophene rings is 1. The maximum Gasteiger partial charge on any atom is 0.252 e. The van der Waals surface area contributed by atoms with Gasteiger partial charge in [0.25, 0.3) is 10.0 Å². The molecule has 1 saturated carbocycles. The Bertz CT molecular complexity index is 559. The Morgan fingerprint density at radius 1 is 1.40 bits per heavy atom. The molecule has 114 valence electrons. The second-order valence-electron chi connectivity index (χ2n) is 6.01. The van der Waals surface area contributed by atoms with Crippen LogP contribution in [-0.2, 0) is 16.6 Å². The lowest BCUT2D eigenvalue weighted by Crippen LogP contribution is -2.44. The van der Waals surface area contributed by atoms with E-state index in [2.05, 4.69) is 5.32 Å². The first-order chi connectivity index (χ1) is 9.27. The van der Waals surface area contributed by atoms with Gasteiger partial charge in [-0.15, -0.1) is 11.3 Å². The van der Waals surface area contributed by atoms with Crippen molar-refractivity contribution in [3.63, 3.8) is 0 Å². The zero-order valence-electron chi connectivity index (χ0n) is 12.6. The van der Waals surface area contributed by atoms with Crippen molar-refractivity contribution in [1.29, 1.82) is 0 Å². The molecule has 1 heterocycles. The van der Waals surface area contributed by atoms with E-state index >= 15 is 0 Å². The Morgan fingerprint density at radius 3 is 2.60 bits per heavy atom. The van der Waals surface area contributed by atoms with E-state index in [1.54, 1.807) is 13.1 Å². The summed E-state index contributed by atoms with van der Waals surface area (Å²) in [5, 5.41) is 3.41. The predicted octanol–water partition coefficient (Wildman–Crippen LogP) is 2.81. The summed E-state index contributed by atoms with van der Waals surface area (Å²) in [7, 11) is -1.72. The van der Waals surface area contributed by atoms with Gasteiger partial charge in [0.05, 0.1) is 0 Å². The number of nitrogens with one attached hydrogen (secondary N) is 1. The third-order valence-corrected chi connectivity index (χ3v) is 7.73. The summed E-state index contributed by atoms with van der Waals surface area (Å²) in [6, 6.07) is 4.28. The molecule has 1 N–H and O–H groups in total. The van der Waals surface area contributed by atoms with Crippen molar-refractivity contribution in [2.75, 3.05) is 7.05 Å². The molecule has 0 spiro atoms. The largest absolute Gasteiger partial charge is 0.309 e.